The van der Waals surface area contributed by atoms with Crippen molar-refractivity contribution in [3.63, 3.8) is 0 Å². The van der Waals surface area contributed by atoms with Crippen molar-refractivity contribution in [2.45, 2.75) is 151 Å². The van der Waals surface area contributed by atoms with Crippen molar-refractivity contribution in [3.05, 3.63) is 0 Å². The molecule has 7 nitrogen and oxygen atoms in total. The SMILES string of the molecule is CCC1O[C@@H](O[C@H]2C(CC)O[C@@H](O[C@H]3C(CC)O[C@@H](C)C(C)[C@H]3C)C(C)[C@H]2C)C(NC(C)=O)[C@@H](C)[C@H]1C. The highest BCUT2D eigenvalue weighted by molar-refractivity contribution is 5.73. The van der Waals surface area contributed by atoms with Crippen LogP contribution in [-0.2, 0) is 28.5 Å². The van der Waals surface area contributed by atoms with E-state index in [1.165, 1.54) is 0 Å². The van der Waals surface area contributed by atoms with Crippen LogP contribution in [0.5, 0.6) is 0 Å². The molecule has 3 fully saturated rings. The largest absolute Gasteiger partial charge is 0.372 e. The van der Waals surface area contributed by atoms with E-state index < -0.39 is 6.29 Å². The standard InChI is InChI=1S/C30H55NO6/c1-12-23-16(5)17(6)26(31-22(11)32)30(34-23)37-28-19(8)20(9)29(35-25(28)14-3)36-27-18(7)15(4)21(10)33-24(27)13-2/h15-21,23-30H,12-14H2,1-11H3,(H,31,32)/t15?,16-,17+,18-,19-,20?,21+,23?,24?,25?,26?,27-,28-,29+,30+/m1/s1. The van der Waals surface area contributed by atoms with Gasteiger partial charge in [0.05, 0.1) is 42.7 Å². The van der Waals surface area contributed by atoms with Gasteiger partial charge in [0.15, 0.2) is 12.6 Å². The lowest BCUT2D eigenvalue weighted by atomic mass is 9.80. The summed E-state index contributed by atoms with van der Waals surface area (Å²) in [5.41, 5.74) is 0. The van der Waals surface area contributed by atoms with Crippen molar-refractivity contribution < 1.29 is 28.5 Å². The summed E-state index contributed by atoms with van der Waals surface area (Å²) in [6.07, 6.45) is 1.96. The number of ether oxygens (including phenoxy) is 5. The molecule has 0 radical (unpaired) electrons. The highest BCUT2D eigenvalue weighted by atomic mass is 16.7. The number of carbonyl (C=O) groups excluding carboxylic acids is 1. The minimum atomic E-state index is -0.506. The van der Waals surface area contributed by atoms with Gasteiger partial charge in [0.2, 0.25) is 5.91 Å². The smallest absolute Gasteiger partial charge is 0.217 e. The van der Waals surface area contributed by atoms with Gasteiger partial charge in [0.25, 0.3) is 0 Å². The van der Waals surface area contributed by atoms with Crippen molar-refractivity contribution in [2.75, 3.05) is 0 Å². The molecule has 37 heavy (non-hydrogen) atoms. The number of amides is 1. The van der Waals surface area contributed by atoms with Crippen LogP contribution < -0.4 is 5.32 Å². The van der Waals surface area contributed by atoms with E-state index in [1.807, 2.05) is 0 Å². The molecule has 0 bridgehead atoms. The first-order valence-electron chi connectivity index (χ1n) is 15.0. The van der Waals surface area contributed by atoms with Crippen LogP contribution in [0.2, 0.25) is 0 Å². The zero-order chi connectivity index (χ0) is 27.6. The second-order valence-corrected chi connectivity index (χ2v) is 12.3. The third-order valence-corrected chi connectivity index (χ3v) is 10.0. The van der Waals surface area contributed by atoms with Gasteiger partial charge in [-0.15, -0.1) is 0 Å². The van der Waals surface area contributed by atoms with E-state index in [2.05, 4.69) is 74.6 Å². The van der Waals surface area contributed by atoms with Crippen LogP contribution in [0.15, 0.2) is 0 Å². The normalized spacial score (nSPS) is 49.0. The summed E-state index contributed by atoms with van der Waals surface area (Å²) >= 11 is 0. The van der Waals surface area contributed by atoms with Crippen molar-refractivity contribution in [3.8, 4) is 0 Å². The molecule has 1 amide bonds. The van der Waals surface area contributed by atoms with Crippen molar-refractivity contribution >= 4 is 5.91 Å². The number of hydrogen-bond acceptors (Lipinski definition) is 6. The zero-order valence-electron chi connectivity index (χ0n) is 25.2. The quantitative estimate of drug-likeness (QED) is 0.448. The minimum Gasteiger partial charge on any atom is -0.372 e. The van der Waals surface area contributed by atoms with Crippen LogP contribution in [0.25, 0.3) is 0 Å². The lowest BCUT2D eigenvalue weighted by Gasteiger charge is -2.51. The zero-order valence-corrected chi connectivity index (χ0v) is 25.2. The Morgan fingerprint density at radius 2 is 1.11 bits per heavy atom. The van der Waals surface area contributed by atoms with E-state index in [9.17, 15) is 4.79 Å². The van der Waals surface area contributed by atoms with Crippen molar-refractivity contribution in [2.24, 2.45) is 35.5 Å². The minimum absolute atomic E-state index is 0.00398. The molecule has 0 saturated carbocycles. The fourth-order valence-electron chi connectivity index (χ4n) is 6.66. The Balaban J connectivity index is 1.77. The number of carbonyl (C=O) groups is 1. The van der Waals surface area contributed by atoms with E-state index >= 15 is 0 Å². The molecular formula is C30H55NO6. The number of rotatable bonds is 8. The molecule has 3 rings (SSSR count). The average molecular weight is 526 g/mol. The lowest BCUT2D eigenvalue weighted by molar-refractivity contribution is -0.336. The first kappa shape index (κ1) is 30.8. The van der Waals surface area contributed by atoms with Gasteiger partial charge in [0.1, 0.15) is 0 Å². The lowest BCUT2D eigenvalue weighted by Crippen LogP contribution is -2.61. The number of nitrogens with one attached hydrogen (secondary N) is 1. The number of hydrogen-bond donors (Lipinski definition) is 1. The molecule has 3 aliphatic heterocycles. The highest BCUT2D eigenvalue weighted by Gasteiger charge is 2.49. The second kappa shape index (κ2) is 13.1. The molecule has 15 atom stereocenters. The summed E-state index contributed by atoms with van der Waals surface area (Å²) < 4.78 is 33.0. The van der Waals surface area contributed by atoms with Crippen LogP contribution >= 0.6 is 0 Å². The fourth-order valence-corrected chi connectivity index (χ4v) is 6.66. The molecule has 7 heteroatoms. The van der Waals surface area contributed by atoms with Crippen molar-refractivity contribution in [1.29, 1.82) is 0 Å². The van der Waals surface area contributed by atoms with E-state index in [-0.39, 0.29) is 72.6 Å². The van der Waals surface area contributed by atoms with Crippen LogP contribution in [0, 0.1) is 35.5 Å². The maximum absolute atomic E-state index is 12.1. The third-order valence-electron chi connectivity index (χ3n) is 10.0. The van der Waals surface area contributed by atoms with Gasteiger partial charge < -0.3 is 29.0 Å². The van der Waals surface area contributed by atoms with Gasteiger partial charge in [-0.25, -0.2) is 0 Å². The molecule has 0 aromatic carbocycles. The van der Waals surface area contributed by atoms with Crippen LogP contribution in [0.3, 0.4) is 0 Å². The Bertz CT molecular complexity index is 731. The van der Waals surface area contributed by atoms with Gasteiger partial charge in [-0.1, -0.05) is 62.3 Å². The predicted octanol–water partition coefficient (Wildman–Crippen LogP) is 5.55. The average Bonchev–Trinajstić information content (AvgIpc) is 2.87. The summed E-state index contributed by atoms with van der Waals surface area (Å²) in [6, 6.07) is -0.196. The van der Waals surface area contributed by atoms with E-state index in [4.69, 9.17) is 23.7 Å². The molecule has 0 aromatic rings. The molecule has 1 N–H and O–H groups in total. The molecule has 3 aliphatic rings. The maximum Gasteiger partial charge on any atom is 0.217 e. The molecule has 6 unspecified atom stereocenters. The van der Waals surface area contributed by atoms with Gasteiger partial charge in [-0.3, -0.25) is 4.79 Å². The second-order valence-electron chi connectivity index (χ2n) is 12.3. The Kier molecular flexibility index (Phi) is 10.9. The topological polar surface area (TPSA) is 75.2 Å². The predicted molar refractivity (Wildman–Crippen MR) is 145 cm³/mol. The summed E-state index contributed by atoms with van der Waals surface area (Å²) in [5.74, 6) is 1.64. The molecule has 216 valence electrons. The molecule has 3 saturated heterocycles. The van der Waals surface area contributed by atoms with E-state index in [0.717, 1.165) is 19.3 Å². The molecule has 0 aromatic heterocycles. The summed E-state index contributed by atoms with van der Waals surface area (Å²) in [6.45, 7) is 23.6. The van der Waals surface area contributed by atoms with Gasteiger partial charge in [-0.05, 0) is 55.8 Å². The van der Waals surface area contributed by atoms with Crippen LogP contribution in [0.1, 0.15) is 95.4 Å². The highest BCUT2D eigenvalue weighted by Crippen LogP contribution is 2.41. The monoisotopic (exact) mass is 525 g/mol. The Labute approximate surface area is 226 Å². The van der Waals surface area contributed by atoms with Crippen LogP contribution in [0.4, 0.5) is 0 Å². The molecule has 0 aliphatic carbocycles. The Morgan fingerprint density at radius 1 is 0.622 bits per heavy atom. The summed E-state index contributed by atoms with van der Waals surface area (Å²) in [7, 11) is 0. The molecule has 3 heterocycles. The summed E-state index contributed by atoms with van der Waals surface area (Å²) in [5, 5.41) is 3.12. The van der Waals surface area contributed by atoms with E-state index in [1.54, 1.807) is 6.92 Å². The van der Waals surface area contributed by atoms with Crippen molar-refractivity contribution in [1.82, 2.24) is 5.32 Å². The van der Waals surface area contributed by atoms with Gasteiger partial charge in [0, 0.05) is 12.8 Å². The molecular weight excluding hydrogens is 470 g/mol. The summed E-state index contributed by atoms with van der Waals surface area (Å²) in [4.78, 5) is 12.1. The third kappa shape index (κ3) is 6.54. The van der Waals surface area contributed by atoms with E-state index in [0.29, 0.717) is 17.8 Å². The molecule has 0 spiro atoms. The maximum atomic E-state index is 12.1. The van der Waals surface area contributed by atoms with Crippen LogP contribution in [-0.4, -0.2) is 61.2 Å². The van der Waals surface area contributed by atoms with Gasteiger partial charge in [-0.2, -0.15) is 0 Å². The Hall–Kier alpha value is -0.730. The first-order valence-corrected chi connectivity index (χ1v) is 15.0. The van der Waals surface area contributed by atoms with Gasteiger partial charge >= 0.3 is 0 Å². The fraction of sp³-hybridized carbons (Fsp3) is 0.967. The first-order chi connectivity index (χ1) is 17.4. The Morgan fingerprint density at radius 3 is 1.65 bits per heavy atom.